The summed E-state index contributed by atoms with van der Waals surface area (Å²) in [5.74, 6) is 1.11. The van der Waals surface area contributed by atoms with Gasteiger partial charge in [-0.15, -0.1) is 0 Å². The van der Waals surface area contributed by atoms with Crippen LogP contribution >= 0.6 is 11.6 Å². The maximum Gasteiger partial charge on any atom is 0.248 e. The number of benzene rings is 3. The Kier molecular flexibility index (Phi) is 5.89. The molecule has 0 radical (unpaired) electrons. The summed E-state index contributed by atoms with van der Waals surface area (Å²) < 4.78 is 11.6. The number of carbonyl (C=O) groups is 1. The monoisotopic (exact) mass is 484 g/mol. The Morgan fingerprint density at radius 3 is 2.57 bits per heavy atom. The zero-order valence-corrected chi connectivity index (χ0v) is 19.8. The van der Waals surface area contributed by atoms with Crippen LogP contribution in [0.1, 0.15) is 16.9 Å². The number of amides is 1. The summed E-state index contributed by atoms with van der Waals surface area (Å²) in [6.45, 7) is 3.95. The Morgan fingerprint density at radius 2 is 1.80 bits per heavy atom. The van der Waals surface area contributed by atoms with Crippen molar-refractivity contribution in [3.8, 4) is 28.5 Å². The molecule has 174 valence electrons. The standard InChI is InChI=1S/C28H21ClN2O4/c1-16-13-17(2)27-23(14-16)31-28(35-27)22-10-7-20(15-24(22)32)30-26(33)12-9-21-8-11-25(34-21)18-3-5-19(29)6-4-18/h3-15,32H,1-2H3,(H,30,33)/b12-9+. The number of phenolic OH excluding ortho intramolecular Hbond substituents is 1. The highest BCUT2D eigenvalue weighted by atomic mass is 35.5. The molecular formula is C28H21ClN2O4. The first-order valence-corrected chi connectivity index (χ1v) is 11.3. The Balaban J connectivity index is 1.28. The fourth-order valence-electron chi connectivity index (χ4n) is 3.84. The van der Waals surface area contributed by atoms with Crippen LogP contribution in [-0.4, -0.2) is 16.0 Å². The molecule has 5 rings (SSSR count). The van der Waals surface area contributed by atoms with Crippen LogP contribution in [0.2, 0.25) is 5.02 Å². The van der Waals surface area contributed by atoms with E-state index in [0.717, 1.165) is 22.2 Å². The average molecular weight is 485 g/mol. The Bertz CT molecular complexity index is 1580. The maximum atomic E-state index is 12.4. The molecule has 0 bridgehead atoms. The van der Waals surface area contributed by atoms with Crippen LogP contribution in [0.3, 0.4) is 0 Å². The van der Waals surface area contributed by atoms with Crippen molar-refractivity contribution in [3.63, 3.8) is 0 Å². The van der Waals surface area contributed by atoms with Gasteiger partial charge in [-0.05, 0) is 85.6 Å². The number of furan rings is 1. The molecule has 0 saturated heterocycles. The fraction of sp³-hybridized carbons (Fsp3) is 0.0714. The van der Waals surface area contributed by atoms with Crippen LogP contribution in [-0.2, 0) is 4.79 Å². The van der Waals surface area contributed by atoms with E-state index in [-0.39, 0.29) is 11.7 Å². The second kappa shape index (κ2) is 9.16. The van der Waals surface area contributed by atoms with Crippen LogP contribution in [0, 0.1) is 13.8 Å². The molecule has 2 aromatic heterocycles. The van der Waals surface area contributed by atoms with E-state index in [2.05, 4.69) is 10.3 Å². The minimum Gasteiger partial charge on any atom is -0.507 e. The van der Waals surface area contributed by atoms with Crippen molar-refractivity contribution in [1.29, 1.82) is 0 Å². The smallest absolute Gasteiger partial charge is 0.248 e. The molecule has 0 saturated carbocycles. The summed E-state index contributed by atoms with van der Waals surface area (Å²) >= 11 is 5.92. The number of rotatable bonds is 5. The van der Waals surface area contributed by atoms with Gasteiger partial charge in [0.1, 0.15) is 22.8 Å². The lowest BCUT2D eigenvalue weighted by Gasteiger charge is -2.05. The molecule has 0 aliphatic heterocycles. The molecule has 2 N–H and O–H groups in total. The zero-order valence-electron chi connectivity index (χ0n) is 19.0. The molecule has 0 spiro atoms. The van der Waals surface area contributed by atoms with Gasteiger partial charge in [-0.25, -0.2) is 4.98 Å². The van der Waals surface area contributed by atoms with Crippen molar-refractivity contribution in [1.82, 2.24) is 4.98 Å². The lowest BCUT2D eigenvalue weighted by molar-refractivity contribution is -0.111. The summed E-state index contributed by atoms with van der Waals surface area (Å²) in [6.07, 6.45) is 2.94. The minimum absolute atomic E-state index is 0.0497. The molecule has 1 amide bonds. The first kappa shape index (κ1) is 22.5. The van der Waals surface area contributed by atoms with Gasteiger partial charge in [-0.3, -0.25) is 4.79 Å². The van der Waals surface area contributed by atoms with Crippen LogP contribution < -0.4 is 5.32 Å². The molecule has 7 heteroatoms. The van der Waals surface area contributed by atoms with Crippen LogP contribution in [0.25, 0.3) is 40.0 Å². The Hall–Kier alpha value is -4.29. The molecule has 3 aromatic carbocycles. The summed E-state index contributed by atoms with van der Waals surface area (Å²) in [5, 5.41) is 13.9. The summed E-state index contributed by atoms with van der Waals surface area (Å²) in [5.41, 5.74) is 5.24. The quantitative estimate of drug-likeness (QED) is 0.254. The van der Waals surface area contributed by atoms with E-state index in [1.807, 2.05) is 44.2 Å². The highest BCUT2D eigenvalue weighted by Crippen LogP contribution is 2.34. The lowest BCUT2D eigenvalue weighted by Crippen LogP contribution is -2.07. The number of carbonyl (C=O) groups excluding carboxylic acids is 1. The summed E-state index contributed by atoms with van der Waals surface area (Å²) in [7, 11) is 0. The molecule has 5 aromatic rings. The second-order valence-electron chi connectivity index (χ2n) is 8.21. The number of nitrogens with zero attached hydrogens (tertiary/aromatic N) is 1. The van der Waals surface area contributed by atoms with E-state index in [0.29, 0.717) is 39.3 Å². The Morgan fingerprint density at radius 1 is 1.00 bits per heavy atom. The van der Waals surface area contributed by atoms with Crippen molar-refractivity contribution in [3.05, 3.63) is 94.7 Å². The normalized spacial score (nSPS) is 11.4. The number of nitrogens with one attached hydrogen (secondary N) is 1. The molecule has 0 atom stereocenters. The van der Waals surface area contributed by atoms with Gasteiger partial charge in [0.2, 0.25) is 11.8 Å². The number of aryl methyl sites for hydroxylation is 2. The first-order chi connectivity index (χ1) is 16.9. The van der Waals surface area contributed by atoms with Crippen molar-refractivity contribution in [2.24, 2.45) is 0 Å². The molecule has 0 unspecified atom stereocenters. The zero-order chi connectivity index (χ0) is 24.5. The molecule has 0 fully saturated rings. The summed E-state index contributed by atoms with van der Waals surface area (Å²) in [4.78, 5) is 16.9. The van der Waals surface area contributed by atoms with Gasteiger partial charge < -0.3 is 19.3 Å². The number of phenols is 1. The third-order valence-corrected chi connectivity index (χ3v) is 5.72. The van der Waals surface area contributed by atoms with Gasteiger partial charge in [0.15, 0.2) is 5.58 Å². The van der Waals surface area contributed by atoms with Crippen LogP contribution in [0.5, 0.6) is 5.75 Å². The Labute approximate surface area is 206 Å². The molecule has 0 aliphatic carbocycles. The molecule has 2 heterocycles. The lowest BCUT2D eigenvalue weighted by atomic mass is 10.1. The van der Waals surface area contributed by atoms with E-state index >= 15 is 0 Å². The largest absolute Gasteiger partial charge is 0.507 e. The van der Waals surface area contributed by atoms with Gasteiger partial charge in [0.25, 0.3) is 0 Å². The van der Waals surface area contributed by atoms with Crippen molar-refractivity contribution in [2.75, 3.05) is 5.32 Å². The second-order valence-corrected chi connectivity index (χ2v) is 8.65. The van der Waals surface area contributed by atoms with Crippen LogP contribution in [0.15, 0.2) is 81.6 Å². The third-order valence-electron chi connectivity index (χ3n) is 5.47. The topological polar surface area (TPSA) is 88.5 Å². The maximum absolute atomic E-state index is 12.4. The predicted molar refractivity (Wildman–Crippen MR) is 137 cm³/mol. The number of hydrogen-bond acceptors (Lipinski definition) is 5. The number of aromatic nitrogens is 1. The fourth-order valence-corrected chi connectivity index (χ4v) is 3.96. The predicted octanol–water partition coefficient (Wildman–Crippen LogP) is 7.38. The van der Waals surface area contributed by atoms with Gasteiger partial charge >= 0.3 is 0 Å². The van der Waals surface area contributed by atoms with Gasteiger partial charge in [-0.1, -0.05) is 17.7 Å². The van der Waals surface area contributed by atoms with Crippen LogP contribution in [0.4, 0.5) is 5.69 Å². The van der Waals surface area contributed by atoms with Gasteiger partial charge in [-0.2, -0.15) is 0 Å². The minimum atomic E-state index is -0.366. The average Bonchev–Trinajstić information content (AvgIpc) is 3.46. The number of anilines is 1. The molecule has 6 nitrogen and oxygen atoms in total. The number of hydrogen-bond donors (Lipinski definition) is 2. The van der Waals surface area contributed by atoms with Gasteiger partial charge in [0, 0.05) is 28.4 Å². The van der Waals surface area contributed by atoms with Crippen molar-refractivity contribution >= 4 is 40.4 Å². The molecule has 35 heavy (non-hydrogen) atoms. The third kappa shape index (κ3) is 4.83. The SMILES string of the molecule is Cc1cc(C)c2oc(-c3ccc(NC(=O)/C=C/c4ccc(-c5ccc(Cl)cc5)o4)cc3O)nc2c1. The molecule has 0 aliphatic rings. The number of halogens is 1. The summed E-state index contributed by atoms with van der Waals surface area (Å²) in [6, 6.07) is 19.6. The van der Waals surface area contributed by atoms with E-state index in [1.165, 1.54) is 12.1 Å². The van der Waals surface area contributed by atoms with Crippen molar-refractivity contribution < 1.29 is 18.7 Å². The van der Waals surface area contributed by atoms with E-state index < -0.39 is 0 Å². The highest BCUT2D eigenvalue weighted by molar-refractivity contribution is 6.30. The van der Waals surface area contributed by atoms with E-state index in [1.54, 1.807) is 36.4 Å². The van der Waals surface area contributed by atoms with E-state index in [4.69, 9.17) is 20.4 Å². The number of aromatic hydroxyl groups is 1. The number of oxazole rings is 1. The number of fused-ring (bicyclic) bond motifs is 1. The van der Waals surface area contributed by atoms with E-state index in [9.17, 15) is 9.90 Å². The highest BCUT2D eigenvalue weighted by Gasteiger charge is 2.15. The first-order valence-electron chi connectivity index (χ1n) is 10.9. The van der Waals surface area contributed by atoms with Crippen molar-refractivity contribution in [2.45, 2.75) is 13.8 Å². The molecular weight excluding hydrogens is 464 g/mol. The van der Waals surface area contributed by atoms with Gasteiger partial charge in [0.05, 0.1) is 5.56 Å².